The van der Waals surface area contributed by atoms with Crippen LogP contribution in [-0.2, 0) is 5.41 Å². The molecule has 1 aromatic heterocycles. The molecule has 0 aliphatic rings. The third kappa shape index (κ3) is 3.97. The van der Waals surface area contributed by atoms with Gasteiger partial charge >= 0.3 is 0 Å². The molecule has 0 aliphatic carbocycles. The monoisotopic (exact) mass is 366 g/mol. The Morgan fingerprint density at radius 1 is 1.15 bits per heavy atom. The summed E-state index contributed by atoms with van der Waals surface area (Å²) in [5.41, 5.74) is 1.55. The quantitative estimate of drug-likeness (QED) is 0.560. The maximum Gasteiger partial charge on any atom is 0.282 e. The highest BCUT2D eigenvalue weighted by Gasteiger charge is 2.24. The van der Waals surface area contributed by atoms with Crippen LogP contribution in [0.4, 0.5) is 11.4 Å². The zero-order valence-corrected chi connectivity index (χ0v) is 15.1. The van der Waals surface area contributed by atoms with Crippen LogP contribution in [0, 0.1) is 10.1 Å². The average Bonchev–Trinajstić information content (AvgIpc) is 3.15. The number of hydrogen-bond donors (Lipinski definition) is 1. The smallest absolute Gasteiger partial charge is 0.282 e. The molecule has 2 aromatic carbocycles. The highest BCUT2D eigenvalue weighted by molar-refractivity contribution is 6.07. The van der Waals surface area contributed by atoms with E-state index in [4.69, 9.17) is 0 Å². The highest BCUT2D eigenvalue weighted by Crippen LogP contribution is 2.29. The molecule has 0 bridgehead atoms. The van der Waals surface area contributed by atoms with Gasteiger partial charge in [-0.3, -0.25) is 14.9 Å². The fourth-order valence-electron chi connectivity index (χ4n) is 2.52. The molecule has 3 rings (SSSR count). The average molecular weight is 366 g/mol. The summed E-state index contributed by atoms with van der Waals surface area (Å²) in [6, 6.07) is 11.5. The van der Waals surface area contributed by atoms with Gasteiger partial charge in [-0.2, -0.15) is 0 Å². The summed E-state index contributed by atoms with van der Waals surface area (Å²) in [5.74, 6) is -0.544. The number of rotatable bonds is 4. The summed E-state index contributed by atoms with van der Waals surface area (Å²) in [6.07, 6.45) is 1.45. The van der Waals surface area contributed by atoms with E-state index in [9.17, 15) is 14.9 Å². The highest BCUT2D eigenvalue weighted by atomic mass is 16.6. The molecule has 138 valence electrons. The van der Waals surface area contributed by atoms with Gasteiger partial charge in [0.1, 0.15) is 11.9 Å². The minimum Gasteiger partial charge on any atom is -0.322 e. The van der Waals surface area contributed by atoms with Crippen LogP contribution in [0.2, 0.25) is 0 Å². The van der Waals surface area contributed by atoms with Gasteiger partial charge in [0.15, 0.2) is 0 Å². The molecular weight excluding hydrogens is 348 g/mol. The van der Waals surface area contributed by atoms with Gasteiger partial charge < -0.3 is 5.32 Å². The normalized spacial score (nSPS) is 11.2. The maximum absolute atomic E-state index is 12.6. The zero-order valence-electron chi connectivity index (χ0n) is 15.1. The number of carbonyl (C=O) groups is 1. The molecule has 0 spiro atoms. The molecule has 0 saturated heterocycles. The van der Waals surface area contributed by atoms with Crippen molar-refractivity contribution in [3.05, 3.63) is 70.0 Å². The molecule has 1 N–H and O–H groups in total. The lowest BCUT2D eigenvalue weighted by Crippen LogP contribution is -2.16. The molecule has 0 fully saturated rings. The van der Waals surface area contributed by atoms with Gasteiger partial charge in [0.2, 0.25) is 0 Å². The van der Waals surface area contributed by atoms with Crippen molar-refractivity contribution < 1.29 is 9.72 Å². The first-order valence-corrected chi connectivity index (χ1v) is 8.19. The Bertz CT molecular complexity index is 975. The maximum atomic E-state index is 12.6. The molecule has 1 amide bonds. The van der Waals surface area contributed by atoms with Gasteiger partial charge in [0, 0.05) is 11.8 Å². The van der Waals surface area contributed by atoms with Crippen LogP contribution in [0.25, 0.3) is 5.69 Å². The van der Waals surface area contributed by atoms with Gasteiger partial charge in [-0.1, -0.05) is 26.8 Å². The van der Waals surface area contributed by atoms with E-state index < -0.39 is 10.8 Å². The second-order valence-electron chi connectivity index (χ2n) is 6.99. The molecule has 27 heavy (non-hydrogen) atoms. The van der Waals surface area contributed by atoms with Crippen LogP contribution in [0.1, 0.15) is 36.7 Å². The van der Waals surface area contributed by atoms with Crippen LogP contribution < -0.4 is 5.32 Å². The van der Waals surface area contributed by atoms with Crippen molar-refractivity contribution in [2.24, 2.45) is 0 Å². The van der Waals surface area contributed by atoms with Crippen LogP contribution >= 0.6 is 0 Å². The Morgan fingerprint density at radius 3 is 2.41 bits per heavy atom. The third-order valence-electron chi connectivity index (χ3n) is 4.04. The SMILES string of the molecule is CC(C)(C)c1ccc(C(=O)Nc2ccc(-n3cnnn3)cc2)c([N+](=O)[O-])c1. The molecule has 1 heterocycles. The second kappa shape index (κ2) is 6.94. The van der Waals surface area contributed by atoms with E-state index in [0.29, 0.717) is 5.69 Å². The minimum atomic E-state index is -0.544. The summed E-state index contributed by atoms with van der Waals surface area (Å²) in [4.78, 5) is 23.5. The molecule has 0 aliphatic heterocycles. The summed E-state index contributed by atoms with van der Waals surface area (Å²) < 4.78 is 1.47. The largest absolute Gasteiger partial charge is 0.322 e. The summed E-state index contributed by atoms with van der Waals surface area (Å²) in [7, 11) is 0. The number of nitrogens with one attached hydrogen (secondary N) is 1. The minimum absolute atomic E-state index is 0.0116. The number of aromatic nitrogens is 4. The Morgan fingerprint density at radius 2 is 1.85 bits per heavy atom. The summed E-state index contributed by atoms with van der Waals surface area (Å²) >= 11 is 0. The van der Waals surface area contributed by atoms with Crippen molar-refractivity contribution in [1.29, 1.82) is 0 Å². The number of carbonyl (C=O) groups excluding carboxylic acids is 1. The fourth-order valence-corrected chi connectivity index (χ4v) is 2.52. The Balaban J connectivity index is 1.84. The lowest BCUT2D eigenvalue weighted by atomic mass is 9.86. The zero-order chi connectivity index (χ0) is 19.6. The van der Waals surface area contributed by atoms with Crippen molar-refractivity contribution in [3.8, 4) is 5.69 Å². The van der Waals surface area contributed by atoms with E-state index in [1.165, 1.54) is 23.1 Å². The van der Waals surface area contributed by atoms with E-state index in [0.717, 1.165) is 11.3 Å². The number of nitro groups is 1. The first kappa shape index (κ1) is 18.2. The van der Waals surface area contributed by atoms with Crippen molar-refractivity contribution in [3.63, 3.8) is 0 Å². The third-order valence-corrected chi connectivity index (χ3v) is 4.04. The van der Waals surface area contributed by atoms with Crippen molar-refractivity contribution in [2.75, 3.05) is 5.32 Å². The predicted octanol–water partition coefficient (Wildman–Crippen LogP) is 3.12. The molecule has 0 radical (unpaired) electrons. The van der Waals surface area contributed by atoms with Crippen molar-refractivity contribution >= 4 is 17.3 Å². The molecule has 3 aromatic rings. The fraction of sp³-hybridized carbons (Fsp3) is 0.222. The van der Waals surface area contributed by atoms with E-state index >= 15 is 0 Å². The van der Waals surface area contributed by atoms with Crippen LogP contribution in [0.15, 0.2) is 48.8 Å². The molecule has 0 atom stereocenters. The Hall–Kier alpha value is -3.62. The summed E-state index contributed by atoms with van der Waals surface area (Å²) in [6.45, 7) is 5.87. The van der Waals surface area contributed by atoms with Crippen LogP contribution in [-0.4, -0.2) is 31.0 Å². The summed E-state index contributed by atoms with van der Waals surface area (Å²) in [5, 5.41) is 25.0. The standard InChI is InChI=1S/C18H18N6O3/c1-18(2,3)12-4-9-15(16(10-12)24(26)27)17(25)20-13-5-7-14(8-6-13)23-11-19-21-22-23/h4-11H,1-3H3,(H,20,25). The number of anilines is 1. The number of amides is 1. The van der Waals surface area contributed by atoms with Gasteiger partial charge in [-0.05, 0) is 51.7 Å². The van der Waals surface area contributed by atoms with E-state index in [1.807, 2.05) is 20.8 Å². The lowest BCUT2D eigenvalue weighted by Gasteiger charge is -2.19. The second-order valence-corrected chi connectivity index (χ2v) is 6.99. The number of nitro benzene ring substituents is 1. The van der Waals surface area contributed by atoms with E-state index in [1.54, 1.807) is 30.3 Å². The molecule has 0 saturated carbocycles. The first-order valence-electron chi connectivity index (χ1n) is 8.19. The first-order chi connectivity index (χ1) is 12.8. The van der Waals surface area contributed by atoms with Crippen LogP contribution in [0.5, 0.6) is 0 Å². The molecule has 9 heteroatoms. The molecule has 0 unspecified atom stereocenters. The van der Waals surface area contributed by atoms with Crippen LogP contribution in [0.3, 0.4) is 0 Å². The van der Waals surface area contributed by atoms with Gasteiger partial charge in [0.25, 0.3) is 11.6 Å². The van der Waals surface area contributed by atoms with E-state index in [-0.39, 0.29) is 16.7 Å². The topological polar surface area (TPSA) is 116 Å². The van der Waals surface area contributed by atoms with Gasteiger partial charge in [0.05, 0.1) is 10.6 Å². The number of benzene rings is 2. The number of nitrogens with zero attached hydrogens (tertiary/aromatic N) is 5. The molecular formula is C18H18N6O3. The Kier molecular flexibility index (Phi) is 4.68. The number of tetrazole rings is 1. The van der Waals surface area contributed by atoms with Gasteiger partial charge in [-0.15, -0.1) is 5.10 Å². The van der Waals surface area contributed by atoms with Crippen molar-refractivity contribution in [2.45, 2.75) is 26.2 Å². The Labute approximate surface area is 155 Å². The van der Waals surface area contributed by atoms with Crippen molar-refractivity contribution in [1.82, 2.24) is 20.2 Å². The van der Waals surface area contributed by atoms with Gasteiger partial charge in [-0.25, -0.2) is 4.68 Å². The predicted molar refractivity (Wildman–Crippen MR) is 98.9 cm³/mol. The number of hydrogen-bond acceptors (Lipinski definition) is 6. The van der Waals surface area contributed by atoms with E-state index in [2.05, 4.69) is 20.8 Å². The molecule has 9 nitrogen and oxygen atoms in total. The lowest BCUT2D eigenvalue weighted by molar-refractivity contribution is -0.385.